The number of thiazole rings is 1. The number of hydrogen-bond acceptors (Lipinski definition) is 7. The van der Waals surface area contributed by atoms with Gasteiger partial charge in [-0.15, -0.1) is 0 Å². The number of nitrogens with zero attached hydrogens (tertiary/aromatic N) is 3. The van der Waals surface area contributed by atoms with E-state index >= 15 is 0 Å². The van der Waals surface area contributed by atoms with E-state index in [0.717, 1.165) is 21.5 Å². The number of aromatic nitrogens is 3. The van der Waals surface area contributed by atoms with Crippen LogP contribution in [0.4, 0.5) is 15.3 Å². The second-order valence-corrected chi connectivity index (χ2v) is 7.14. The van der Waals surface area contributed by atoms with E-state index in [9.17, 15) is 9.18 Å². The first-order valence-corrected chi connectivity index (χ1v) is 8.44. The number of pyridine rings is 2. The molecule has 3 aromatic heterocycles. The molecule has 0 aromatic carbocycles. The Bertz CT molecular complexity index is 899. The van der Waals surface area contributed by atoms with Crippen molar-refractivity contribution >= 4 is 40.0 Å². The summed E-state index contributed by atoms with van der Waals surface area (Å²) >= 11 is 2.50. The summed E-state index contributed by atoms with van der Waals surface area (Å²) in [7, 11) is 0. The van der Waals surface area contributed by atoms with Crippen LogP contribution in [0.25, 0.3) is 0 Å². The number of rotatable bonds is 5. The summed E-state index contributed by atoms with van der Waals surface area (Å²) in [4.78, 5) is 23.5. The van der Waals surface area contributed by atoms with Crippen molar-refractivity contribution in [1.29, 1.82) is 0 Å². The zero-order valence-corrected chi connectivity index (χ0v) is 14.1. The van der Waals surface area contributed by atoms with Crippen LogP contribution in [0.2, 0.25) is 0 Å². The highest BCUT2D eigenvalue weighted by molar-refractivity contribution is 8.01. The van der Waals surface area contributed by atoms with Gasteiger partial charge in [-0.1, -0.05) is 23.1 Å². The molecule has 9 heteroatoms. The van der Waals surface area contributed by atoms with Crippen LogP contribution in [0.5, 0.6) is 0 Å². The van der Waals surface area contributed by atoms with Crippen molar-refractivity contribution in [3.63, 3.8) is 0 Å². The SMILES string of the molecule is Cc1ccnc(Nc2ncc(Sc3ccnc(C(N)=O)c3F)s2)c1. The van der Waals surface area contributed by atoms with Crippen LogP contribution in [0.15, 0.2) is 45.9 Å². The fraction of sp³-hybridized carbons (Fsp3) is 0.0667. The Morgan fingerprint density at radius 2 is 2.08 bits per heavy atom. The van der Waals surface area contributed by atoms with Crippen LogP contribution >= 0.6 is 23.1 Å². The number of halogens is 1. The molecule has 0 fully saturated rings. The first-order chi connectivity index (χ1) is 11.5. The van der Waals surface area contributed by atoms with Gasteiger partial charge in [0, 0.05) is 12.4 Å². The van der Waals surface area contributed by atoms with E-state index in [1.165, 1.54) is 23.6 Å². The number of carbonyl (C=O) groups is 1. The van der Waals surface area contributed by atoms with Crippen molar-refractivity contribution in [3.8, 4) is 0 Å². The molecule has 0 aliphatic heterocycles. The summed E-state index contributed by atoms with van der Waals surface area (Å²) in [5.74, 6) is -0.933. The lowest BCUT2D eigenvalue weighted by Gasteiger charge is -2.03. The lowest BCUT2D eigenvalue weighted by atomic mass is 10.3. The van der Waals surface area contributed by atoms with E-state index < -0.39 is 11.7 Å². The Morgan fingerprint density at radius 3 is 2.83 bits per heavy atom. The van der Waals surface area contributed by atoms with Gasteiger partial charge in [-0.05, 0) is 30.7 Å². The van der Waals surface area contributed by atoms with Gasteiger partial charge in [0.05, 0.1) is 15.3 Å². The molecule has 0 unspecified atom stereocenters. The van der Waals surface area contributed by atoms with Crippen LogP contribution < -0.4 is 11.1 Å². The third-order valence-corrected chi connectivity index (χ3v) is 4.98. The lowest BCUT2D eigenvalue weighted by molar-refractivity contribution is 0.0990. The highest BCUT2D eigenvalue weighted by Gasteiger charge is 2.16. The monoisotopic (exact) mass is 361 g/mol. The second-order valence-electron chi connectivity index (χ2n) is 4.77. The highest BCUT2D eigenvalue weighted by Crippen LogP contribution is 2.36. The largest absolute Gasteiger partial charge is 0.364 e. The van der Waals surface area contributed by atoms with Crippen molar-refractivity contribution in [2.75, 3.05) is 5.32 Å². The van der Waals surface area contributed by atoms with Gasteiger partial charge in [0.15, 0.2) is 16.6 Å². The van der Waals surface area contributed by atoms with Crippen molar-refractivity contribution < 1.29 is 9.18 Å². The molecule has 24 heavy (non-hydrogen) atoms. The van der Waals surface area contributed by atoms with Crippen molar-refractivity contribution in [1.82, 2.24) is 15.0 Å². The number of primary amides is 1. The molecule has 3 aromatic rings. The number of anilines is 2. The average molecular weight is 361 g/mol. The molecule has 0 bridgehead atoms. The topological polar surface area (TPSA) is 93.8 Å². The van der Waals surface area contributed by atoms with E-state index in [1.807, 2.05) is 19.1 Å². The Labute approximate surface area is 145 Å². The van der Waals surface area contributed by atoms with Crippen LogP contribution in [0, 0.1) is 12.7 Å². The Hall–Kier alpha value is -2.52. The minimum atomic E-state index is -0.896. The normalized spacial score (nSPS) is 10.6. The van der Waals surface area contributed by atoms with Crippen LogP contribution in [-0.4, -0.2) is 20.9 Å². The summed E-state index contributed by atoms with van der Waals surface area (Å²) < 4.78 is 14.9. The van der Waals surface area contributed by atoms with Gasteiger partial charge in [0.2, 0.25) is 0 Å². The minimum absolute atomic E-state index is 0.266. The van der Waals surface area contributed by atoms with Crippen LogP contribution in [0.3, 0.4) is 0 Å². The van der Waals surface area contributed by atoms with Crippen molar-refractivity contribution in [2.24, 2.45) is 5.73 Å². The molecule has 3 heterocycles. The highest BCUT2D eigenvalue weighted by atomic mass is 32.2. The molecule has 0 saturated carbocycles. The molecule has 0 spiro atoms. The summed E-state index contributed by atoms with van der Waals surface area (Å²) in [6.07, 6.45) is 4.68. The number of hydrogen-bond donors (Lipinski definition) is 2. The van der Waals surface area contributed by atoms with E-state index in [-0.39, 0.29) is 10.6 Å². The summed E-state index contributed by atoms with van der Waals surface area (Å²) in [5.41, 5.74) is 5.81. The maximum absolute atomic E-state index is 14.2. The maximum Gasteiger partial charge on any atom is 0.270 e. The summed E-state index contributed by atoms with van der Waals surface area (Å²) in [6.45, 7) is 1.97. The smallest absolute Gasteiger partial charge is 0.270 e. The molecule has 122 valence electrons. The molecule has 0 saturated heterocycles. The first-order valence-electron chi connectivity index (χ1n) is 6.80. The molecule has 3 N–H and O–H groups in total. The molecular formula is C15H12FN5OS2. The van der Waals surface area contributed by atoms with Gasteiger partial charge in [0.25, 0.3) is 5.91 Å². The number of amides is 1. The summed E-state index contributed by atoms with van der Waals surface area (Å²) in [5, 5.41) is 3.74. The predicted octanol–water partition coefficient (Wildman–Crippen LogP) is 3.37. The fourth-order valence-electron chi connectivity index (χ4n) is 1.86. The average Bonchev–Trinajstić information content (AvgIpc) is 2.96. The Morgan fingerprint density at radius 1 is 1.29 bits per heavy atom. The second kappa shape index (κ2) is 6.93. The maximum atomic E-state index is 14.2. The zero-order chi connectivity index (χ0) is 17.1. The van der Waals surface area contributed by atoms with E-state index in [2.05, 4.69) is 20.3 Å². The van der Waals surface area contributed by atoms with Gasteiger partial charge < -0.3 is 11.1 Å². The van der Waals surface area contributed by atoms with Crippen molar-refractivity contribution in [3.05, 3.63) is 53.9 Å². The van der Waals surface area contributed by atoms with Gasteiger partial charge in [0.1, 0.15) is 5.82 Å². The third kappa shape index (κ3) is 3.69. The molecule has 0 atom stereocenters. The number of carbonyl (C=O) groups excluding carboxylic acids is 1. The predicted molar refractivity (Wildman–Crippen MR) is 91.2 cm³/mol. The first kappa shape index (κ1) is 16.3. The van der Waals surface area contributed by atoms with Gasteiger partial charge in [-0.25, -0.2) is 19.3 Å². The zero-order valence-electron chi connectivity index (χ0n) is 12.5. The standard InChI is InChI=1S/C15H12FN5OS2/c1-8-2-4-18-10(6-8)21-15-20-7-11(24-15)23-9-3-5-19-13(12(9)16)14(17)22/h2-7H,1H3,(H2,17,22)(H,18,20,21). The molecular weight excluding hydrogens is 349 g/mol. The fourth-order valence-corrected chi connectivity index (χ4v) is 3.73. The van der Waals surface area contributed by atoms with Gasteiger partial charge in [-0.3, -0.25) is 4.79 Å². The molecule has 3 rings (SSSR count). The third-order valence-electron chi connectivity index (χ3n) is 2.93. The molecule has 1 amide bonds. The van der Waals surface area contributed by atoms with E-state index in [4.69, 9.17) is 5.73 Å². The quantitative estimate of drug-likeness (QED) is 0.724. The Kier molecular flexibility index (Phi) is 4.72. The molecule has 6 nitrogen and oxygen atoms in total. The Balaban J connectivity index is 1.77. The summed E-state index contributed by atoms with van der Waals surface area (Å²) in [6, 6.07) is 5.29. The van der Waals surface area contributed by atoms with Crippen molar-refractivity contribution in [2.45, 2.75) is 16.0 Å². The van der Waals surface area contributed by atoms with Crippen LogP contribution in [0.1, 0.15) is 16.1 Å². The number of nitrogens with two attached hydrogens (primary N) is 1. The number of nitrogens with one attached hydrogen (secondary N) is 1. The van der Waals surface area contributed by atoms with Gasteiger partial charge in [-0.2, -0.15) is 0 Å². The number of aryl methyl sites for hydroxylation is 1. The lowest BCUT2D eigenvalue weighted by Crippen LogP contribution is -2.15. The molecule has 0 aliphatic carbocycles. The van der Waals surface area contributed by atoms with E-state index in [1.54, 1.807) is 12.4 Å². The van der Waals surface area contributed by atoms with Gasteiger partial charge >= 0.3 is 0 Å². The van der Waals surface area contributed by atoms with Crippen LogP contribution in [-0.2, 0) is 0 Å². The van der Waals surface area contributed by atoms with E-state index in [0.29, 0.717) is 10.9 Å². The molecule has 0 radical (unpaired) electrons. The molecule has 0 aliphatic rings. The minimum Gasteiger partial charge on any atom is -0.364 e.